The molecule has 84 valence electrons. The minimum absolute atomic E-state index is 0.406. The van der Waals surface area contributed by atoms with Crippen LogP contribution in [0.2, 0.25) is 0 Å². The molecule has 0 spiro atoms. The molecule has 15 heavy (non-hydrogen) atoms. The van der Waals surface area contributed by atoms with E-state index in [0.717, 1.165) is 0 Å². The molecule has 0 N–H and O–H groups in total. The van der Waals surface area contributed by atoms with E-state index in [1.54, 1.807) is 5.57 Å². The number of rotatable bonds is 0. The van der Waals surface area contributed by atoms with Crippen LogP contribution in [0.15, 0.2) is 23.8 Å². The minimum Gasteiger partial charge on any atom is -0.0992 e. The fourth-order valence-electron chi connectivity index (χ4n) is 3.48. The molecule has 2 rings (SSSR count). The van der Waals surface area contributed by atoms with Crippen LogP contribution < -0.4 is 0 Å². The summed E-state index contributed by atoms with van der Waals surface area (Å²) in [4.78, 5) is 0. The molecular formula is C15H24. The summed E-state index contributed by atoms with van der Waals surface area (Å²) in [6.45, 7) is 14.0. The van der Waals surface area contributed by atoms with Gasteiger partial charge in [0.25, 0.3) is 0 Å². The van der Waals surface area contributed by atoms with Crippen molar-refractivity contribution in [3.63, 3.8) is 0 Å². The van der Waals surface area contributed by atoms with Crippen molar-refractivity contribution >= 4 is 0 Å². The first kappa shape index (κ1) is 11.0. The lowest BCUT2D eigenvalue weighted by molar-refractivity contribution is 0.180. The highest BCUT2D eigenvalue weighted by atomic mass is 14.5. The maximum absolute atomic E-state index is 4.32. The average molecular weight is 204 g/mol. The largest absolute Gasteiger partial charge is 0.0992 e. The van der Waals surface area contributed by atoms with Gasteiger partial charge in [-0.25, -0.2) is 0 Å². The van der Waals surface area contributed by atoms with E-state index in [1.165, 1.54) is 31.3 Å². The predicted octanol–water partition coefficient (Wildman–Crippen LogP) is 4.73. The SMILES string of the molecule is C=C1CCC(C)(C)C2=CCCC(C)(C)[C@H]12. The van der Waals surface area contributed by atoms with Crippen LogP contribution in [0.1, 0.15) is 53.4 Å². The van der Waals surface area contributed by atoms with E-state index in [9.17, 15) is 0 Å². The van der Waals surface area contributed by atoms with Crippen molar-refractivity contribution < 1.29 is 0 Å². The van der Waals surface area contributed by atoms with E-state index in [0.29, 0.717) is 16.7 Å². The van der Waals surface area contributed by atoms with Gasteiger partial charge in [-0.3, -0.25) is 0 Å². The zero-order chi connectivity index (χ0) is 11.3. The van der Waals surface area contributed by atoms with Gasteiger partial charge in [0.1, 0.15) is 0 Å². The van der Waals surface area contributed by atoms with E-state index >= 15 is 0 Å². The van der Waals surface area contributed by atoms with Gasteiger partial charge < -0.3 is 0 Å². The highest BCUT2D eigenvalue weighted by molar-refractivity contribution is 5.33. The van der Waals surface area contributed by atoms with Crippen LogP contribution in [-0.4, -0.2) is 0 Å². The molecule has 2 aliphatic rings. The van der Waals surface area contributed by atoms with Gasteiger partial charge in [0.15, 0.2) is 0 Å². The van der Waals surface area contributed by atoms with Crippen molar-refractivity contribution in [2.24, 2.45) is 16.7 Å². The van der Waals surface area contributed by atoms with Gasteiger partial charge in [-0.05, 0) is 36.5 Å². The molecule has 0 aromatic heterocycles. The summed E-state index contributed by atoms with van der Waals surface area (Å²) in [6, 6.07) is 0. The third-order valence-electron chi connectivity index (χ3n) is 4.51. The van der Waals surface area contributed by atoms with Crippen molar-refractivity contribution in [2.75, 3.05) is 0 Å². The summed E-state index contributed by atoms with van der Waals surface area (Å²) in [5.74, 6) is 0.648. The van der Waals surface area contributed by atoms with Crippen LogP contribution in [0.4, 0.5) is 0 Å². The van der Waals surface area contributed by atoms with Crippen LogP contribution in [-0.2, 0) is 0 Å². The molecule has 0 aromatic rings. The lowest BCUT2D eigenvalue weighted by Crippen LogP contribution is -2.38. The summed E-state index contributed by atoms with van der Waals surface area (Å²) in [5, 5.41) is 0. The van der Waals surface area contributed by atoms with E-state index in [1.807, 2.05) is 0 Å². The molecule has 0 amide bonds. The molecule has 0 aromatic carbocycles. The summed E-state index contributed by atoms with van der Waals surface area (Å²) in [5.41, 5.74) is 3.99. The summed E-state index contributed by atoms with van der Waals surface area (Å²) in [6.07, 6.45) is 7.58. The first-order valence-electron chi connectivity index (χ1n) is 6.23. The third-order valence-corrected chi connectivity index (χ3v) is 4.51. The van der Waals surface area contributed by atoms with Crippen molar-refractivity contribution in [1.29, 1.82) is 0 Å². The Balaban J connectivity index is 2.44. The Hall–Kier alpha value is -0.520. The predicted molar refractivity (Wildman–Crippen MR) is 66.7 cm³/mol. The van der Waals surface area contributed by atoms with Crippen molar-refractivity contribution in [2.45, 2.75) is 53.4 Å². The molecular weight excluding hydrogens is 180 g/mol. The molecule has 0 radical (unpaired) electrons. The lowest BCUT2D eigenvalue weighted by Gasteiger charge is -2.49. The Bertz CT molecular complexity index is 315. The Morgan fingerprint density at radius 3 is 2.47 bits per heavy atom. The minimum atomic E-state index is 0.406. The van der Waals surface area contributed by atoms with E-state index in [-0.39, 0.29) is 0 Å². The maximum Gasteiger partial charge on any atom is 0.00609 e. The zero-order valence-electron chi connectivity index (χ0n) is 10.7. The van der Waals surface area contributed by atoms with Crippen LogP contribution in [0.25, 0.3) is 0 Å². The van der Waals surface area contributed by atoms with Crippen molar-refractivity contribution in [3.8, 4) is 0 Å². The second kappa shape index (κ2) is 3.23. The number of hydrogen-bond donors (Lipinski definition) is 0. The number of fused-ring (bicyclic) bond motifs is 1. The molecule has 0 aliphatic heterocycles. The highest BCUT2D eigenvalue weighted by Crippen LogP contribution is 2.55. The monoisotopic (exact) mass is 204 g/mol. The second-order valence-electron chi connectivity index (χ2n) is 6.66. The molecule has 1 atom stereocenters. The standard InChI is InChI=1S/C15H24/c1-11-8-10-14(2,3)12-7-6-9-15(4,5)13(11)12/h7,13H,1,6,8-10H2,2-5H3/t13-/m1/s1. The molecule has 0 heteroatoms. The molecule has 1 saturated carbocycles. The van der Waals surface area contributed by atoms with Crippen LogP contribution >= 0.6 is 0 Å². The lowest BCUT2D eigenvalue weighted by atomic mass is 9.55. The van der Waals surface area contributed by atoms with Gasteiger partial charge in [0.2, 0.25) is 0 Å². The fourth-order valence-corrected chi connectivity index (χ4v) is 3.48. The molecule has 0 bridgehead atoms. The van der Waals surface area contributed by atoms with Crippen molar-refractivity contribution in [1.82, 2.24) is 0 Å². The molecule has 0 saturated heterocycles. The van der Waals surface area contributed by atoms with Gasteiger partial charge in [0, 0.05) is 5.92 Å². The molecule has 0 unspecified atom stereocenters. The topological polar surface area (TPSA) is 0 Å². The third kappa shape index (κ3) is 1.68. The highest BCUT2D eigenvalue weighted by Gasteiger charge is 2.44. The van der Waals surface area contributed by atoms with Crippen LogP contribution in [0.3, 0.4) is 0 Å². The average Bonchev–Trinajstić information content (AvgIpc) is 2.11. The zero-order valence-corrected chi connectivity index (χ0v) is 10.7. The van der Waals surface area contributed by atoms with E-state index in [2.05, 4.69) is 40.3 Å². The first-order chi connectivity index (χ1) is 6.84. The Morgan fingerprint density at radius 2 is 1.87 bits per heavy atom. The molecule has 0 nitrogen and oxygen atoms in total. The fraction of sp³-hybridized carbons (Fsp3) is 0.733. The summed E-state index contributed by atoms with van der Waals surface area (Å²) < 4.78 is 0. The van der Waals surface area contributed by atoms with E-state index in [4.69, 9.17) is 0 Å². The smallest absolute Gasteiger partial charge is 0.00609 e. The van der Waals surface area contributed by atoms with E-state index < -0.39 is 0 Å². The Morgan fingerprint density at radius 1 is 1.20 bits per heavy atom. The van der Waals surface area contributed by atoms with Crippen LogP contribution in [0.5, 0.6) is 0 Å². The summed E-state index contributed by atoms with van der Waals surface area (Å²) >= 11 is 0. The van der Waals surface area contributed by atoms with Gasteiger partial charge >= 0.3 is 0 Å². The normalized spacial score (nSPS) is 33.2. The second-order valence-corrected chi connectivity index (χ2v) is 6.66. The van der Waals surface area contributed by atoms with Gasteiger partial charge in [-0.15, -0.1) is 0 Å². The quantitative estimate of drug-likeness (QED) is 0.501. The maximum atomic E-state index is 4.32. The number of allylic oxidation sites excluding steroid dienone is 3. The van der Waals surface area contributed by atoms with Crippen molar-refractivity contribution in [3.05, 3.63) is 23.8 Å². The number of hydrogen-bond acceptors (Lipinski definition) is 0. The molecule has 1 fully saturated rings. The van der Waals surface area contributed by atoms with Gasteiger partial charge in [0.05, 0.1) is 0 Å². The Labute approximate surface area is 94.5 Å². The summed E-state index contributed by atoms with van der Waals surface area (Å²) in [7, 11) is 0. The van der Waals surface area contributed by atoms with Crippen LogP contribution in [0, 0.1) is 16.7 Å². The molecule has 2 aliphatic carbocycles. The molecule has 0 heterocycles. The first-order valence-corrected chi connectivity index (χ1v) is 6.23. The Kier molecular flexibility index (Phi) is 2.37. The van der Waals surface area contributed by atoms with Gasteiger partial charge in [-0.2, -0.15) is 0 Å². The van der Waals surface area contributed by atoms with Gasteiger partial charge in [-0.1, -0.05) is 51.5 Å².